The number of aliphatic hydroxyl groups is 2. The fraction of sp³-hybridized carbons (Fsp3) is 0.878. The average Bonchev–Trinajstić information content (AvgIpc) is 3.18. The average molecular weight is 776 g/mol. The Labute approximate surface area is 341 Å². The van der Waals surface area contributed by atoms with Crippen molar-refractivity contribution in [2.24, 2.45) is 0 Å². The summed E-state index contributed by atoms with van der Waals surface area (Å²) in [5.41, 5.74) is 0. The molecule has 2 atom stereocenters. The van der Waals surface area contributed by atoms with Crippen molar-refractivity contribution in [3.63, 3.8) is 0 Å². The lowest BCUT2D eigenvalue weighted by Gasteiger charge is -2.22. The molecular formula is C49H93NO5. The quantitative estimate of drug-likeness (QED) is 0.0325. The molecule has 3 N–H and O–H groups in total. The predicted molar refractivity (Wildman–Crippen MR) is 236 cm³/mol. The third-order valence-corrected chi connectivity index (χ3v) is 11.0. The van der Waals surface area contributed by atoms with Gasteiger partial charge in [-0.15, -0.1) is 0 Å². The fourth-order valence-electron chi connectivity index (χ4n) is 7.26. The van der Waals surface area contributed by atoms with Crippen molar-refractivity contribution in [2.75, 3.05) is 13.2 Å². The summed E-state index contributed by atoms with van der Waals surface area (Å²) in [6.45, 7) is 4.86. The summed E-state index contributed by atoms with van der Waals surface area (Å²) < 4.78 is 5.44. The number of ether oxygens (including phenoxy) is 1. The molecule has 0 saturated carbocycles. The third-order valence-electron chi connectivity index (χ3n) is 11.0. The van der Waals surface area contributed by atoms with Crippen molar-refractivity contribution in [3.05, 3.63) is 24.3 Å². The van der Waals surface area contributed by atoms with Gasteiger partial charge >= 0.3 is 5.97 Å². The van der Waals surface area contributed by atoms with Gasteiger partial charge in [0.2, 0.25) is 5.91 Å². The standard InChI is InChI=1S/C49H93NO5/c1-3-5-7-9-11-13-15-17-18-19-20-22-27-31-35-39-43-49(54)55-44-40-36-32-28-24-23-26-30-34-38-42-48(53)50-46(45-51)47(52)41-37-33-29-25-21-16-14-12-10-8-6-4-2/h13,15,18-19,46-47,51-52H,3-12,14,16-17,20-45H2,1-2H3,(H,50,53)/b15-13-,19-18-. The summed E-state index contributed by atoms with van der Waals surface area (Å²) in [6, 6.07) is -0.558. The summed E-state index contributed by atoms with van der Waals surface area (Å²) >= 11 is 0. The van der Waals surface area contributed by atoms with Gasteiger partial charge < -0.3 is 20.3 Å². The van der Waals surface area contributed by atoms with Crippen LogP contribution in [0.25, 0.3) is 0 Å². The second kappa shape index (κ2) is 45.0. The van der Waals surface area contributed by atoms with Crippen LogP contribution in [-0.4, -0.2) is 47.4 Å². The van der Waals surface area contributed by atoms with Crippen LogP contribution in [0.3, 0.4) is 0 Å². The van der Waals surface area contributed by atoms with E-state index in [1.807, 2.05) is 0 Å². The number of hydrogen-bond acceptors (Lipinski definition) is 5. The molecule has 6 nitrogen and oxygen atoms in total. The van der Waals surface area contributed by atoms with Crippen LogP contribution in [0.15, 0.2) is 24.3 Å². The number of nitrogens with one attached hydrogen (secondary N) is 1. The molecule has 324 valence electrons. The predicted octanol–water partition coefficient (Wildman–Crippen LogP) is 14.0. The van der Waals surface area contributed by atoms with Crippen LogP contribution < -0.4 is 5.32 Å². The van der Waals surface area contributed by atoms with E-state index in [9.17, 15) is 19.8 Å². The smallest absolute Gasteiger partial charge is 0.305 e. The second-order valence-corrected chi connectivity index (χ2v) is 16.4. The molecular weight excluding hydrogens is 683 g/mol. The van der Waals surface area contributed by atoms with Crippen LogP contribution in [0, 0.1) is 0 Å². The number of carbonyl (C=O) groups excluding carboxylic acids is 2. The lowest BCUT2D eigenvalue weighted by molar-refractivity contribution is -0.143. The summed E-state index contributed by atoms with van der Waals surface area (Å²) in [5.74, 6) is -0.0927. The Morgan fingerprint density at radius 3 is 1.40 bits per heavy atom. The van der Waals surface area contributed by atoms with Gasteiger partial charge in [-0.1, -0.05) is 205 Å². The first-order valence-corrected chi connectivity index (χ1v) is 24.1. The van der Waals surface area contributed by atoms with Crippen molar-refractivity contribution in [1.82, 2.24) is 5.32 Å². The molecule has 1 amide bonds. The highest BCUT2D eigenvalue weighted by Crippen LogP contribution is 2.15. The number of hydrogen-bond donors (Lipinski definition) is 3. The lowest BCUT2D eigenvalue weighted by atomic mass is 10.0. The van der Waals surface area contributed by atoms with Gasteiger partial charge in [0.25, 0.3) is 0 Å². The largest absolute Gasteiger partial charge is 0.466 e. The summed E-state index contributed by atoms with van der Waals surface area (Å²) in [7, 11) is 0. The number of aliphatic hydroxyl groups excluding tert-OH is 2. The monoisotopic (exact) mass is 776 g/mol. The van der Waals surface area contributed by atoms with E-state index in [1.165, 1.54) is 148 Å². The molecule has 0 aliphatic carbocycles. The van der Waals surface area contributed by atoms with Gasteiger partial charge in [0.15, 0.2) is 0 Å². The van der Waals surface area contributed by atoms with Crippen LogP contribution in [0.5, 0.6) is 0 Å². The Balaban J connectivity index is 3.49. The van der Waals surface area contributed by atoms with Crippen molar-refractivity contribution in [3.8, 4) is 0 Å². The second-order valence-electron chi connectivity index (χ2n) is 16.4. The molecule has 0 rings (SSSR count). The maximum atomic E-state index is 12.4. The molecule has 0 aromatic carbocycles. The first kappa shape index (κ1) is 53.3. The molecule has 0 aliphatic heterocycles. The summed E-state index contributed by atoms with van der Waals surface area (Å²) in [4.78, 5) is 24.4. The van der Waals surface area contributed by atoms with Crippen molar-refractivity contribution in [2.45, 2.75) is 264 Å². The molecule has 0 aliphatic rings. The van der Waals surface area contributed by atoms with Crippen LogP contribution in [0.4, 0.5) is 0 Å². The highest BCUT2D eigenvalue weighted by Gasteiger charge is 2.20. The molecule has 6 heteroatoms. The number of carbonyl (C=O) groups is 2. The van der Waals surface area contributed by atoms with E-state index in [0.717, 1.165) is 70.6 Å². The zero-order valence-corrected chi connectivity index (χ0v) is 36.7. The molecule has 0 saturated heterocycles. The highest BCUT2D eigenvalue weighted by molar-refractivity contribution is 5.76. The van der Waals surface area contributed by atoms with E-state index in [-0.39, 0.29) is 18.5 Å². The minimum atomic E-state index is -0.678. The van der Waals surface area contributed by atoms with Gasteiger partial charge in [-0.3, -0.25) is 9.59 Å². The van der Waals surface area contributed by atoms with Gasteiger partial charge in [0, 0.05) is 12.8 Å². The van der Waals surface area contributed by atoms with E-state index in [4.69, 9.17) is 4.74 Å². The van der Waals surface area contributed by atoms with Crippen molar-refractivity contribution in [1.29, 1.82) is 0 Å². The minimum absolute atomic E-state index is 0.0327. The SMILES string of the molecule is CCCCCC/C=C\C/C=C\CCCCCCCC(=O)OCCCCCCCCCCCCC(=O)NC(CO)C(O)CCCCCCCCCCCCCC. The van der Waals surface area contributed by atoms with Crippen LogP contribution in [-0.2, 0) is 14.3 Å². The highest BCUT2D eigenvalue weighted by atomic mass is 16.5. The zero-order valence-electron chi connectivity index (χ0n) is 36.7. The van der Waals surface area contributed by atoms with Gasteiger partial charge in [-0.25, -0.2) is 0 Å². The van der Waals surface area contributed by atoms with Crippen LogP contribution in [0.1, 0.15) is 251 Å². The molecule has 2 unspecified atom stereocenters. The van der Waals surface area contributed by atoms with E-state index < -0.39 is 12.1 Å². The topological polar surface area (TPSA) is 95.9 Å². The number of amides is 1. The fourth-order valence-corrected chi connectivity index (χ4v) is 7.26. The van der Waals surface area contributed by atoms with Gasteiger partial charge in [0.1, 0.15) is 0 Å². The van der Waals surface area contributed by atoms with E-state index in [2.05, 4.69) is 43.5 Å². The maximum absolute atomic E-state index is 12.4. The number of esters is 1. The van der Waals surface area contributed by atoms with E-state index in [0.29, 0.717) is 25.9 Å². The summed E-state index contributed by atoms with van der Waals surface area (Å²) in [6.07, 6.45) is 51.3. The Hall–Kier alpha value is -1.66. The number of unbranched alkanes of at least 4 members (excludes halogenated alkanes) is 29. The number of allylic oxidation sites excluding steroid dienone is 4. The minimum Gasteiger partial charge on any atom is -0.466 e. The maximum Gasteiger partial charge on any atom is 0.305 e. The zero-order chi connectivity index (χ0) is 40.1. The van der Waals surface area contributed by atoms with Crippen molar-refractivity contribution < 1.29 is 24.5 Å². The van der Waals surface area contributed by atoms with Crippen LogP contribution >= 0.6 is 0 Å². The Kier molecular flexibility index (Phi) is 43.7. The molecule has 0 radical (unpaired) electrons. The first-order valence-electron chi connectivity index (χ1n) is 24.1. The van der Waals surface area contributed by atoms with E-state index >= 15 is 0 Å². The normalized spacial score (nSPS) is 12.9. The Bertz CT molecular complexity index is 858. The molecule has 0 bridgehead atoms. The molecule has 55 heavy (non-hydrogen) atoms. The molecule has 0 spiro atoms. The van der Waals surface area contributed by atoms with Gasteiger partial charge in [0.05, 0.1) is 25.4 Å². The van der Waals surface area contributed by atoms with Crippen molar-refractivity contribution >= 4 is 11.9 Å². The number of rotatable bonds is 44. The molecule has 0 aromatic rings. The van der Waals surface area contributed by atoms with Gasteiger partial charge in [-0.05, 0) is 57.8 Å². The lowest BCUT2D eigenvalue weighted by Crippen LogP contribution is -2.45. The Morgan fingerprint density at radius 2 is 0.909 bits per heavy atom. The summed E-state index contributed by atoms with van der Waals surface area (Å²) in [5, 5.41) is 23.1. The molecule has 0 aromatic heterocycles. The Morgan fingerprint density at radius 1 is 0.509 bits per heavy atom. The first-order chi connectivity index (χ1) is 27.0. The van der Waals surface area contributed by atoms with E-state index in [1.54, 1.807) is 0 Å². The molecule has 0 fully saturated rings. The third kappa shape index (κ3) is 41.8. The van der Waals surface area contributed by atoms with Gasteiger partial charge in [-0.2, -0.15) is 0 Å². The van der Waals surface area contributed by atoms with Crippen LogP contribution in [0.2, 0.25) is 0 Å². The molecule has 0 heterocycles.